The molecule has 3 aromatic rings. The van der Waals surface area contributed by atoms with Gasteiger partial charge in [-0.25, -0.2) is 15.0 Å². The molecule has 3 rings (SSSR count). The van der Waals surface area contributed by atoms with Gasteiger partial charge in [0.2, 0.25) is 0 Å². The van der Waals surface area contributed by atoms with E-state index in [4.69, 9.17) is 0 Å². The maximum Gasteiger partial charge on any atom is 0.187 e. The van der Waals surface area contributed by atoms with Crippen molar-refractivity contribution in [2.24, 2.45) is 0 Å². The minimum Gasteiger partial charge on any atom is -0.331 e. The summed E-state index contributed by atoms with van der Waals surface area (Å²) in [5.74, 6) is 0.774. The third-order valence-electron chi connectivity index (χ3n) is 2.83. The number of thioether (sulfide) groups is 1. The normalized spacial score (nSPS) is 10.5. The molecule has 0 aliphatic heterocycles. The van der Waals surface area contributed by atoms with Crippen LogP contribution in [0.25, 0.3) is 0 Å². The molecule has 21 heavy (non-hydrogen) atoms. The van der Waals surface area contributed by atoms with Gasteiger partial charge in [0.05, 0.1) is 5.69 Å². The van der Waals surface area contributed by atoms with Crippen molar-refractivity contribution in [3.8, 4) is 0 Å². The minimum absolute atomic E-state index is 0.774. The second kappa shape index (κ2) is 6.69. The number of para-hydroxylation sites is 1. The number of hydrogen-bond donors (Lipinski definition) is 1. The van der Waals surface area contributed by atoms with Gasteiger partial charge in [-0.05, 0) is 24.6 Å². The van der Waals surface area contributed by atoms with Crippen molar-refractivity contribution in [1.82, 2.24) is 15.0 Å². The van der Waals surface area contributed by atoms with Crippen LogP contribution in [0.2, 0.25) is 0 Å². The van der Waals surface area contributed by atoms with E-state index in [0.717, 1.165) is 27.4 Å². The summed E-state index contributed by atoms with van der Waals surface area (Å²) in [5, 5.41) is 7.11. The molecule has 0 unspecified atom stereocenters. The Labute approximate surface area is 131 Å². The van der Waals surface area contributed by atoms with Gasteiger partial charge in [0.15, 0.2) is 10.3 Å². The van der Waals surface area contributed by atoms with Gasteiger partial charge in [-0.2, -0.15) is 0 Å². The smallest absolute Gasteiger partial charge is 0.187 e. The number of hydrogen-bond acceptors (Lipinski definition) is 6. The molecular weight excluding hydrogens is 300 g/mol. The van der Waals surface area contributed by atoms with E-state index in [9.17, 15) is 0 Å². The first-order valence-corrected chi connectivity index (χ1v) is 8.34. The summed E-state index contributed by atoms with van der Waals surface area (Å²) >= 11 is 3.20. The fourth-order valence-electron chi connectivity index (χ4n) is 1.76. The van der Waals surface area contributed by atoms with Crippen LogP contribution in [0.3, 0.4) is 0 Å². The van der Waals surface area contributed by atoms with E-state index in [1.807, 2.05) is 18.2 Å². The van der Waals surface area contributed by atoms with Crippen LogP contribution in [0.15, 0.2) is 53.3 Å². The molecule has 0 fully saturated rings. The predicted molar refractivity (Wildman–Crippen MR) is 88.2 cm³/mol. The molecule has 4 nitrogen and oxygen atoms in total. The van der Waals surface area contributed by atoms with Crippen LogP contribution in [0.5, 0.6) is 0 Å². The highest BCUT2D eigenvalue weighted by Crippen LogP contribution is 2.26. The fraction of sp³-hybridized carbons (Fsp3) is 0.133. The molecule has 2 heterocycles. The topological polar surface area (TPSA) is 50.7 Å². The van der Waals surface area contributed by atoms with Gasteiger partial charge in [-0.3, -0.25) is 0 Å². The Morgan fingerprint density at radius 2 is 1.95 bits per heavy atom. The average Bonchev–Trinajstić information content (AvgIpc) is 2.96. The summed E-state index contributed by atoms with van der Waals surface area (Å²) < 4.78 is 0. The second-order valence-corrected chi connectivity index (χ2v) is 6.20. The lowest BCUT2D eigenvalue weighted by Crippen LogP contribution is -1.92. The number of nitrogens with one attached hydrogen (secondary N) is 1. The first kappa shape index (κ1) is 14.0. The Balaban J connectivity index is 1.63. The van der Waals surface area contributed by atoms with Crippen LogP contribution in [0.4, 0.5) is 10.8 Å². The van der Waals surface area contributed by atoms with Crippen LogP contribution in [-0.4, -0.2) is 15.0 Å². The Bertz CT molecular complexity index is 712. The van der Waals surface area contributed by atoms with Crippen molar-refractivity contribution >= 4 is 33.9 Å². The summed E-state index contributed by atoms with van der Waals surface area (Å²) in [7, 11) is 0. The van der Waals surface area contributed by atoms with Gasteiger partial charge in [0.1, 0.15) is 0 Å². The highest BCUT2D eigenvalue weighted by molar-refractivity contribution is 7.98. The quantitative estimate of drug-likeness (QED) is 0.563. The molecule has 1 N–H and O–H groups in total. The van der Waals surface area contributed by atoms with Crippen molar-refractivity contribution in [1.29, 1.82) is 0 Å². The van der Waals surface area contributed by atoms with Gasteiger partial charge in [-0.1, -0.05) is 30.0 Å². The van der Waals surface area contributed by atoms with Crippen molar-refractivity contribution in [2.45, 2.75) is 17.8 Å². The molecule has 0 bridgehead atoms. The number of thiazole rings is 1. The molecule has 1 aromatic carbocycles. The molecule has 0 radical (unpaired) electrons. The van der Waals surface area contributed by atoms with Crippen molar-refractivity contribution in [3.63, 3.8) is 0 Å². The highest BCUT2D eigenvalue weighted by Gasteiger charge is 2.05. The minimum atomic E-state index is 0.774. The lowest BCUT2D eigenvalue weighted by atomic mass is 10.2. The molecule has 2 aromatic heterocycles. The zero-order valence-electron chi connectivity index (χ0n) is 11.5. The molecule has 0 aliphatic carbocycles. The highest BCUT2D eigenvalue weighted by atomic mass is 32.2. The maximum atomic E-state index is 4.59. The SMILES string of the molecule is Cc1ccccc1Nc1nc(CSc2ncccn2)cs1. The molecule has 0 aliphatic rings. The summed E-state index contributed by atoms with van der Waals surface area (Å²) in [6.45, 7) is 2.08. The van der Waals surface area contributed by atoms with Gasteiger partial charge < -0.3 is 5.32 Å². The summed E-state index contributed by atoms with van der Waals surface area (Å²) in [6.07, 6.45) is 3.50. The number of rotatable bonds is 5. The van der Waals surface area contributed by atoms with Crippen LogP contribution in [0.1, 0.15) is 11.3 Å². The molecule has 0 amide bonds. The molecule has 0 saturated heterocycles. The molecule has 0 atom stereocenters. The number of aromatic nitrogens is 3. The monoisotopic (exact) mass is 314 g/mol. The molecule has 106 valence electrons. The van der Waals surface area contributed by atoms with Gasteiger partial charge in [-0.15, -0.1) is 11.3 Å². The standard InChI is InChI=1S/C15H14N4S2/c1-11-5-2-3-6-13(11)19-15-18-12(10-21-15)9-20-14-16-7-4-8-17-14/h2-8,10H,9H2,1H3,(H,18,19). The first-order valence-electron chi connectivity index (χ1n) is 6.48. The van der Waals surface area contributed by atoms with E-state index in [2.05, 4.69) is 44.7 Å². The molecular formula is C15H14N4S2. The lowest BCUT2D eigenvalue weighted by molar-refractivity contribution is 0.965. The van der Waals surface area contributed by atoms with Crippen molar-refractivity contribution in [3.05, 3.63) is 59.4 Å². The van der Waals surface area contributed by atoms with Crippen LogP contribution in [-0.2, 0) is 5.75 Å². The fourth-order valence-corrected chi connectivity index (χ4v) is 3.28. The summed E-state index contributed by atoms with van der Waals surface area (Å²) in [5.41, 5.74) is 3.34. The third kappa shape index (κ3) is 3.80. The zero-order valence-corrected chi connectivity index (χ0v) is 13.1. The molecule has 6 heteroatoms. The summed E-state index contributed by atoms with van der Waals surface area (Å²) in [6, 6.07) is 10.0. The van der Waals surface area contributed by atoms with Gasteiger partial charge in [0, 0.05) is 29.2 Å². The Hall–Kier alpha value is -1.92. The number of benzene rings is 1. The Kier molecular flexibility index (Phi) is 4.47. The van der Waals surface area contributed by atoms with Crippen LogP contribution < -0.4 is 5.32 Å². The average molecular weight is 314 g/mol. The van der Waals surface area contributed by atoms with E-state index >= 15 is 0 Å². The largest absolute Gasteiger partial charge is 0.331 e. The van der Waals surface area contributed by atoms with E-state index in [1.165, 1.54) is 5.56 Å². The lowest BCUT2D eigenvalue weighted by Gasteiger charge is -2.05. The van der Waals surface area contributed by atoms with Crippen molar-refractivity contribution < 1.29 is 0 Å². The van der Waals surface area contributed by atoms with Gasteiger partial charge >= 0.3 is 0 Å². The molecule has 0 spiro atoms. The third-order valence-corrected chi connectivity index (χ3v) is 4.55. The van der Waals surface area contributed by atoms with Crippen LogP contribution in [0, 0.1) is 6.92 Å². The second-order valence-electron chi connectivity index (χ2n) is 4.40. The first-order chi connectivity index (χ1) is 10.3. The van der Waals surface area contributed by atoms with E-state index in [1.54, 1.807) is 35.5 Å². The van der Waals surface area contributed by atoms with Gasteiger partial charge in [0.25, 0.3) is 0 Å². The maximum absolute atomic E-state index is 4.59. The number of nitrogens with zero attached hydrogens (tertiary/aromatic N) is 3. The van der Waals surface area contributed by atoms with E-state index in [0.29, 0.717) is 0 Å². The number of aryl methyl sites for hydroxylation is 1. The zero-order chi connectivity index (χ0) is 14.5. The summed E-state index contributed by atoms with van der Waals surface area (Å²) in [4.78, 5) is 13.0. The predicted octanol–water partition coefficient (Wildman–Crippen LogP) is 4.28. The van der Waals surface area contributed by atoms with Crippen LogP contribution >= 0.6 is 23.1 Å². The number of anilines is 2. The Morgan fingerprint density at radius 3 is 2.76 bits per heavy atom. The van der Waals surface area contributed by atoms with Crippen molar-refractivity contribution in [2.75, 3.05) is 5.32 Å². The van der Waals surface area contributed by atoms with E-state index < -0.39 is 0 Å². The Morgan fingerprint density at radius 1 is 1.14 bits per heavy atom. The molecule has 0 saturated carbocycles. The van der Waals surface area contributed by atoms with E-state index in [-0.39, 0.29) is 0 Å².